The maximum absolute atomic E-state index is 12.4. The zero-order chi connectivity index (χ0) is 17.2. The molecule has 0 aliphatic heterocycles. The summed E-state index contributed by atoms with van der Waals surface area (Å²) in [5.74, 6) is 0. The Labute approximate surface area is 142 Å². The van der Waals surface area contributed by atoms with E-state index in [4.69, 9.17) is 0 Å². The molecule has 2 aliphatic carbocycles. The number of hydrogen-bond acceptors (Lipinski definition) is 3. The number of rotatable bonds is 5. The molecule has 0 aromatic heterocycles. The molecule has 0 radical (unpaired) electrons. The summed E-state index contributed by atoms with van der Waals surface area (Å²) < 4.78 is 27.5. The van der Waals surface area contributed by atoms with Crippen LogP contribution >= 0.6 is 0 Å². The van der Waals surface area contributed by atoms with E-state index in [2.05, 4.69) is 27.5 Å². The van der Waals surface area contributed by atoms with Gasteiger partial charge in [0.05, 0.1) is 4.90 Å². The van der Waals surface area contributed by atoms with Crippen molar-refractivity contribution < 1.29 is 13.2 Å². The van der Waals surface area contributed by atoms with Gasteiger partial charge in [-0.05, 0) is 56.7 Å². The molecule has 1 aromatic rings. The second-order valence-corrected chi connectivity index (χ2v) is 8.14. The van der Waals surface area contributed by atoms with Crippen molar-refractivity contribution in [2.75, 3.05) is 5.32 Å². The minimum Gasteiger partial charge on any atom is -0.335 e. The third-order valence-electron chi connectivity index (χ3n) is 4.24. The minimum absolute atomic E-state index is 0.0497. The van der Waals surface area contributed by atoms with Gasteiger partial charge in [-0.25, -0.2) is 17.9 Å². The van der Waals surface area contributed by atoms with Gasteiger partial charge < -0.3 is 10.6 Å². The molecule has 3 rings (SSSR count). The molecule has 1 atom stereocenters. The van der Waals surface area contributed by atoms with Crippen LogP contribution < -0.4 is 15.4 Å². The van der Waals surface area contributed by atoms with E-state index < -0.39 is 10.0 Å². The van der Waals surface area contributed by atoms with E-state index in [1.807, 2.05) is 0 Å². The number of nitrogens with one attached hydrogen (secondary N) is 3. The number of benzene rings is 1. The Morgan fingerprint density at radius 1 is 1.12 bits per heavy atom. The number of carbonyl (C=O) groups excluding carboxylic acids is 1. The maximum atomic E-state index is 12.4. The van der Waals surface area contributed by atoms with Crippen LogP contribution in [0, 0.1) is 6.92 Å². The van der Waals surface area contributed by atoms with Crippen LogP contribution in [0.3, 0.4) is 0 Å². The second-order valence-electron chi connectivity index (χ2n) is 6.46. The summed E-state index contributed by atoms with van der Waals surface area (Å²) in [5, 5.41) is 5.65. The Morgan fingerprint density at radius 2 is 1.92 bits per heavy atom. The number of aryl methyl sites for hydroxylation is 1. The van der Waals surface area contributed by atoms with Gasteiger partial charge in [-0.15, -0.1) is 0 Å². The molecule has 24 heavy (non-hydrogen) atoms. The molecule has 1 aromatic carbocycles. The quantitative estimate of drug-likeness (QED) is 0.714. The topological polar surface area (TPSA) is 87.3 Å². The first kappa shape index (κ1) is 17.0. The summed E-state index contributed by atoms with van der Waals surface area (Å²) in [7, 11) is -3.54. The fourth-order valence-electron chi connectivity index (χ4n) is 2.73. The predicted molar refractivity (Wildman–Crippen MR) is 93.5 cm³/mol. The van der Waals surface area contributed by atoms with E-state index in [0.717, 1.165) is 32.1 Å². The van der Waals surface area contributed by atoms with E-state index in [1.165, 1.54) is 6.07 Å². The SMILES string of the molecule is Cc1ccc(NC(=O)N[C@H]2CC=CCC2)cc1S(=O)(=O)NC1CC1. The lowest BCUT2D eigenvalue weighted by molar-refractivity contribution is 0.247. The molecule has 0 unspecified atom stereocenters. The van der Waals surface area contributed by atoms with Gasteiger partial charge in [0, 0.05) is 17.8 Å². The standard InChI is InChI=1S/C17H23N3O3S/c1-12-7-8-15(11-16(12)24(22,23)20-14-9-10-14)19-17(21)18-13-5-3-2-4-6-13/h2-3,7-8,11,13-14,20H,4-6,9-10H2,1H3,(H2,18,19,21)/t13-/m0/s1. The summed E-state index contributed by atoms with van der Waals surface area (Å²) in [6.45, 7) is 1.75. The van der Waals surface area contributed by atoms with Crippen LogP contribution in [-0.4, -0.2) is 26.5 Å². The second kappa shape index (κ2) is 6.94. The molecule has 3 N–H and O–H groups in total. The van der Waals surface area contributed by atoms with Crippen molar-refractivity contribution in [1.29, 1.82) is 0 Å². The average molecular weight is 349 g/mol. The van der Waals surface area contributed by atoms with Gasteiger partial charge in [-0.2, -0.15) is 0 Å². The number of allylic oxidation sites excluding steroid dienone is 1. The summed E-state index contributed by atoms with van der Waals surface area (Å²) >= 11 is 0. The summed E-state index contributed by atoms with van der Waals surface area (Å²) in [5.41, 5.74) is 1.13. The molecule has 1 fully saturated rings. The van der Waals surface area contributed by atoms with Crippen LogP contribution in [0.25, 0.3) is 0 Å². The Morgan fingerprint density at radius 3 is 2.58 bits per heavy atom. The third-order valence-corrected chi connectivity index (χ3v) is 5.90. The van der Waals surface area contributed by atoms with Crippen molar-refractivity contribution in [2.45, 2.75) is 56.0 Å². The highest BCUT2D eigenvalue weighted by Gasteiger charge is 2.29. The average Bonchev–Trinajstić information content (AvgIpc) is 3.33. The van der Waals surface area contributed by atoms with Crippen molar-refractivity contribution in [3.05, 3.63) is 35.9 Å². The molecular formula is C17H23N3O3S. The summed E-state index contributed by atoms with van der Waals surface area (Å²) in [6, 6.07) is 4.80. The molecule has 0 saturated heterocycles. The molecule has 130 valence electrons. The lowest BCUT2D eigenvalue weighted by atomic mass is 10.0. The first-order chi connectivity index (χ1) is 11.4. The number of anilines is 1. The van der Waals surface area contributed by atoms with Gasteiger partial charge in [0.2, 0.25) is 10.0 Å². The molecule has 0 spiro atoms. The van der Waals surface area contributed by atoms with Gasteiger partial charge >= 0.3 is 6.03 Å². The number of sulfonamides is 1. The lowest BCUT2D eigenvalue weighted by Crippen LogP contribution is -2.38. The van der Waals surface area contributed by atoms with Crippen molar-refractivity contribution in [3.63, 3.8) is 0 Å². The fourth-order valence-corrected chi connectivity index (χ4v) is 4.30. The highest BCUT2D eigenvalue weighted by Crippen LogP contribution is 2.25. The van der Waals surface area contributed by atoms with Crippen molar-refractivity contribution in [3.8, 4) is 0 Å². The fraction of sp³-hybridized carbons (Fsp3) is 0.471. The van der Waals surface area contributed by atoms with Gasteiger partial charge in [0.15, 0.2) is 0 Å². The normalized spacial score (nSPS) is 20.6. The number of urea groups is 1. The lowest BCUT2D eigenvalue weighted by Gasteiger charge is -2.20. The van der Waals surface area contributed by atoms with Crippen LogP contribution in [0.4, 0.5) is 10.5 Å². The van der Waals surface area contributed by atoms with Crippen LogP contribution in [0.2, 0.25) is 0 Å². The van der Waals surface area contributed by atoms with Crippen LogP contribution in [-0.2, 0) is 10.0 Å². The molecule has 1 saturated carbocycles. The van der Waals surface area contributed by atoms with Crippen LogP contribution in [0.1, 0.15) is 37.7 Å². The first-order valence-electron chi connectivity index (χ1n) is 8.29. The zero-order valence-electron chi connectivity index (χ0n) is 13.7. The first-order valence-corrected chi connectivity index (χ1v) is 9.78. The predicted octanol–water partition coefficient (Wildman–Crippen LogP) is 2.67. The number of hydrogen-bond donors (Lipinski definition) is 3. The van der Waals surface area contributed by atoms with E-state index in [9.17, 15) is 13.2 Å². The Hall–Kier alpha value is -1.86. The van der Waals surface area contributed by atoms with Gasteiger partial charge in [0.25, 0.3) is 0 Å². The molecule has 7 heteroatoms. The Kier molecular flexibility index (Phi) is 4.91. The highest BCUT2D eigenvalue weighted by atomic mass is 32.2. The molecule has 2 aliphatic rings. The van der Waals surface area contributed by atoms with Crippen molar-refractivity contribution >= 4 is 21.7 Å². The minimum atomic E-state index is -3.54. The number of carbonyl (C=O) groups is 1. The van der Waals surface area contributed by atoms with E-state index in [0.29, 0.717) is 11.3 Å². The van der Waals surface area contributed by atoms with E-state index in [-0.39, 0.29) is 23.0 Å². The molecule has 2 amide bonds. The van der Waals surface area contributed by atoms with Crippen LogP contribution in [0.5, 0.6) is 0 Å². The highest BCUT2D eigenvalue weighted by molar-refractivity contribution is 7.89. The molecule has 0 bridgehead atoms. The van der Waals surface area contributed by atoms with Crippen LogP contribution in [0.15, 0.2) is 35.2 Å². The monoisotopic (exact) mass is 349 g/mol. The van der Waals surface area contributed by atoms with E-state index >= 15 is 0 Å². The van der Waals surface area contributed by atoms with Gasteiger partial charge in [-0.1, -0.05) is 18.2 Å². The van der Waals surface area contributed by atoms with Crippen molar-refractivity contribution in [2.24, 2.45) is 0 Å². The Balaban J connectivity index is 1.68. The van der Waals surface area contributed by atoms with Gasteiger partial charge in [0.1, 0.15) is 0 Å². The molecule has 6 nitrogen and oxygen atoms in total. The number of amides is 2. The summed E-state index contributed by atoms with van der Waals surface area (Å²) in [6.07, 6.45) is 8.65. The largest absolute Gasteiger partial charge is 0.335 e. The zero-order valence-corrected chi connectivity index (χ0v) is 14.5. The van der Waals surface area contributed by atoms with E-state index in [1.54, 1.807) is 19.1 Å². The van der Waals surface area contributed by atoms with Crippen molar-refractivity contribution in [1.82, 2.24) is 10.0 Å². The Bertz CT molecular complexity index is 754. The molecule has 0 heterocycles. The maximum Gasteiger partial charge on any atom is 0.319 e. The smallest absolute Gasteiger partial charge is 0.319 e. The molecular weight excluding hydrogens is 326 g/mol. The summed E-state index contributed by atoms with van der Waals surface area (Å²) in [4.78, 5) is 12.3. The van der Waals surface area contributed by atoms with Gasteiger partial charge in [-0.3, -0.25) is 0 Å². The third kappa shape index (κ3) is 4.36.